The second-order valence-electron chi connectivity index (χ2n) is 9.11. The van der Waals surface area contributed by atoms with Gasteiger partial charge in [0.15, 0.2) is 5.82 Å². The Morgan fingerprint density at radius 3 is 1.78 bits per heavy atom. The van der Waals surface area contributed by atoms with Gasteiger partial charge in [-0.05, 0) is 70.8 Å². The van der Waals surface area contributed by atoms with Gasteiger partial charge in [-0.3, -0.25) is 0 Å². The number of nitrogens with zero attached hydrogens (tertiary/aromatic N) is 2. The highest BCUT2D eigenvalue weighted by Crippen LogP contribution is 2.36. The van der Waals surface area contributed by atoms with Gasteiger partial charge in [-0.2, -0.15) is 0 Å². The van der Waals surface area contributed by atoms with Crippen molar-refractivity contribution in [2.75, 3.05) is 0 Å². The van der Waals surface area contributed by atoms with Crippen LogP contribution in [-0.4, -0.2) is 9.97 Å². The van der Waals surface area contributed by atoms with E-state index in [9.17, 15) is 0 Å². The van der Waals surface area contributed by atoms with Gasteiger partial charge in [0.05, 0.1) is 5.69 Å². The van der Waals surface area contributed by atoms with Crippen LogP contribution < -0.4 is 0 Å². The fourth-order valence-electron chi connectivity index (χ4n) is 4.89. The van der Waals surface area contributed by atoms with E-state index in [-0.39, 0.29) is 0 Å². The van der Waals surface area contributed by atoms with Gasteiger partial charge in [-0.1, -0.05) is 78.9 Å². The zero-order chi connectivity index (χ0) is 24.6. The summed E-state index contributed by atoms with van der Waals surface area (Å²) in [6, 6.07) is 44.9. The van der Waals surface area contributed by atoms with Crippen molar-refractivity contribution in [1.29, 1.82) is 0 Å². The van der Waals surface area contributed by atoms with Crippen LogP contribution in [-0.2, 0) is 0 Å². The molecule has 5 aromatic carbocycles. The first kappa shape index (κ1) is 21.7. The van der Waals surface area contributed by atoms with Crippen molar-refractivity contribution in [3.63, 3.8) is 0 Å². The van der Waals surface area contributed by atoms with Gasteiger partial charge < -0.3 is 0 Å². The van der Waals surface area contributed by atoms with Crippen LogP contribution in [0.15, 0.2) is 134 Å². The maximum absolute atomic E-state index is 5.05. The maximum atomic E-state index is 5.05. The van der Waals surface area contributed by atoms with Crippen molar-refractivity contribution in [3.8, 4) is 44.9 Å². The van der Waals surface area contributed by atoms with Crippen LogP contribution in [0.25, 0.3) is 65.1 Å². The molecule has 0 saturated heterocycles. The summed E-state index contributed by atoms with van der Waals surface area (Å²) in [6.07, 6.45) is 1.87. The van der Waals surface area contributed by atoms with Crippen LogP contribution in [0.4, 0.5) is 0 Å². The minimum atomic E-state index is 0.737. The molecule has 0 saturated carbocycles. The van der Waals surface area contributed by atoms with E-state index in [1.165, 1.54) is 42.4 Å². The van der Waals surface area contributed by atoms with E-state index >= 15 is 0 Å². The molecule has 174 valence electrons. The molecule has 0 unspecified atom stereocenters. The molecule has 2 heterocycles. The quantitative estimate of drug-likeness (QED) is 0.245. The molecular weight excluding hydrogens is 468 g/mol. The molecule has 0 aliphatic carbocycles. The molecule has 7 rings (SSSR count). The number of hydrogen-bond donors (Lipinski definition) is 0. The summed E-state index contributed by atoms with van der Waals surface area (Å²) in [5.41, 5.74) is 7.73. The summed E-state index contributed by atoms with van der Waals surface area (Å²) in [7, 11) is 0. The summed E-state index contributed by atoms with van der Waals surface area (Å²) < 4.78 is 2.58. The Hall–Kier alpha value is -4.60. The van der Waals surface area contributed by atoms with Gasteiger partial charge in [0.1, 0.15) is 0 Å². The molecule has 0 fully saturated rings. The Labute approximate surface area is 219 Å². The number of aromatic nitrogens is 2. The minimum Gasteiger partial charge on any atom is -0.237 e. The molecule has 0 aliphatic rings. The Balaban J connectivity index is 1.36. The molecule has 3 heteroatoms. The number of thiophene rings is 1. The van der Waals surface area contributed by atoms with Crippen molar-refractivity contribution in [1.82, 2.24) is 9.97 Å². The average Bonchev–Trinajstić information content (AvgIpc) is 3.36. The van der Waals surface area contributed by atoms with Crippen LogP contribution >= 0.6 is 11.3 Å². The molecule has 0 atom stereocenters. The van der Waals surface area contributed by atoms with Crippen LogP contribution in [0.2, 0.25) is 0 Å². The molecule has 2 aromatic heterocycles. The Kier molecular flexibility index (Phi) is 5.34. The van der Waals surface area contributed by atoms with Crippen molar-refractivity contribution in [2.24, 2.45) is 0 Å². The second-order valence-corrected chi connectivity index (χ2v) is 10.2. The molecule has 0 amide bonds. The van der Waals surface area contributed by atoms with E-state index in [1.807, 2.05) is 23.6 Å². The van der Waals surface area contributed by atoms with E-state index in [4.69, 9.17) is 4.98 Å². The lowest BCUT2D eigenvalue weighted by atomic mass is 9.95. The highest BCUT2D eigenvalue weighted by Gasteiger charge is 2.12. The van der Waals surface area contributed by atoms with Crippen molar-refractivity contribution >= 4 is 31.5 Å². The van der Waals surface area contributed by atoms with Gasteiger partial charge in [0.2, 0.25) is 0 Å². The molecular formula is C34H22N2S. The zero-order valence-corrected chi connectivity index (χ0v) is 20.8. The second kappa shape index (κ2) is 9.12. The highest BCUT2D eigenvalue weighted by molar-refractivity contribution is 7.25. The number of benzene rings is 5. The van der Waals surface area contributed by atoms with Gasteiger partial charge in [-0.25, -0.2) is 9.97 Å². The zero-order valence-electron chi connectivity index (χ0n) is 20.0. The fourth-order valence-corrected chi connectivity index (χ4v) is 5.98. The predicted octanol–water partition coefficient (Wildman–Crippen LogP) is 9.51. The molecule has 0 spiro atoms. The van der Waals surface area contributed by atoms with Crippen LogP contribution in [0.3, 0.4) is 0 Å². The normalized spacial score (nSPS) is 11.2. The van der Waals surface area contributed by atoms with E-state index in [2.05, 4.69) is 126 Å². The van der Waals surface area contributed by atoms with E-state index in [1.54, 1.807) is 0 Å². The first-order chi connectivity index (χ1) is 18.3. The molecule has 0 N–H and O–H groups in total. The fraction of sp³-hybridized carbons (Fsp3) is 0. The van der Waals surface area contributed by atoms with Crippen LogP contribution in [0, 0.1) is 0 Å². The molecule has 0 radical (unpaired) electrons. The summed E-state index contributed by atoms with van der Waals surface area (Å²) in [5, 5.41) is 2.54. The summed E-state index contributed by atoms with van der Waals surface area (Å²) >= 11 is 1.82. The first-order valence-electron chi connectivity index (χ1n) is 12.3. The standard InChI is InChI=1S/C34H22N2S/c1-3-9-23(10-4-1)26-19-27(24-11-5-2-6-12-24)21-28(20-26)31-17-18-35-34(36-31)25-15-16-33-30(22-25)29-13-7-8-14-32(29)37-33/h1-22H. The van der Waals surface area contributed by atoms with Crippen molar-refractivity contribution in [2.45, 2.75) is 0 Å². The van der Waals surface area contributed by atoms with E-state index in [0.717, 1.165) is 22.6 Å². The third-order valence-corrected chi connectivity index (χ3v) is 7.89. The van der Waals surface area contributed by atoms with Gasteiger partial charge in [0.25, 0.3) is 0 Å². The predicted molar refractivity (Wildman–Crippen MR) is 157 cm³/mol. The Bertz CT molecular complexity index is 1810. The average molecular weight is 491 g/mol. The number of rotatable bonds is 4. The third-order valence-electron chi connectivity index (χ3n) is 6.73. The largest absolute Gasteiger partial charge is 0.237 e. The van der Waals surface area contributed by atoms with Crippen molar-refractivity contribution in [3.05, 3.63) is 134 Å². The topological polar surface area (TPSA) is 25.8 Å². The summed E-state index contributed by atoms with van der Waals surface area (Å²) in [4.78, 5) is 9.71. The molecule has 2 nitrogen and oxygen atoms in total. The van der Waals surface area contributed by atoms with Crippen LogP contribution in [0.1, 0.15) is 0 Å². The molecule has 0 aliphatic heterocycles. The van der Waals surface area contributed by atoms with E-state index < -0.39 is 0 Å². The van der Waals surface area contributed by atoms with Gasteiger partial charge in [-0.15, -0.1) is 11.3 Å². The summed E-state index contributed by atoms with van der Waals surface area (Å²) in [6.45, 7) is 0. The first-order valence-corrected chi connectivity index (χ1v) is 13.1. The number of hydrogen-bond acceptors (Lipinski definition) is 3. The maximum Gasteiger partial charge on any atom is 0.159 e. The third kappa shape index (κ3) is 4.10. The Morgan fingerprint density at radius 1 is 0.432 bits per heavy atom. The lowest BCUT2D eigenvalue weighted by molar-refractivity contribution is 1.18. The number of fused-ring (bicyclic) bond motifs is 3. The SMILES string of the molecule is c1ccc(-c2cc(-c3ccccc3)cc(-c3ccnc(-c4ccc5sc6ccccc6c5c4)n3)c2)cc1. The Morgan fingerprint density at radius 2 is 1.05 bits per heavy atom. The van der Waals surface area contributed by atoms with Crippen molar-refractivity contribution < 1.29 is 0 Å². The van der Waals surface area contributed by atoms with Gasteiger partial charge in [0, 0.05) is 37.5 Å². The smallest absolute Gasteiger partial charge is 0.159 e. The molecule has 7 aromatic rings. The lowest BCUT2D eigenvalue weighted by Gasteiger charge is -2.11. The monoisotopic (exact) mass is 490 g/mol. The molecule has 0 bridgehead atoms. The highest BCUT2D eigenvalue weighted by atomic mass is 32.1. The van der Waals surface area contributed by atoms with E-state index in [0.29, 0.717) is 0 Å². The minimum absolute atomic E-state index is 0.737. The lowest BCUT2D eigenvalue weighted by Crippen LogP contribution is -1.93. The summed E-state index contributed by atoms with van der Waals surface area (Å²) in [5.74, 6) is 0.737. The van der Waals surface area contributed by atoms with Gasteiger partial charge >= 0.3 is 0 Å². The van der Waals surface area contributed by atoms with Crippen LogP contribution in [0.5, 0.6) is 0 Å². The molecule has 37 heavy (non-hydrogen) atoms.